The molecule has 0 aromatic heterocycles. The van der Waals surface area contributed by atoms with E-state index in [4.69, 9.17) is 5.11 Å². The van der Waals surface area contributed by atoms with E-state index in [1.165, 1.54) is 0 Å². The zero-order valence-electron chi connectivity index (χ0n) is 7.26. The van der Waals surface area contributed by atoms with Gasteiger partial charge in [0.2, 0.25) is 0 Å². The molecule has 1 unspecified atom stereocenters. The maximum Gasteiger partial charge on any atom is 0.303 e. The van der Waals surface area contributed by atoms with Crippen molar-refractivity contribution in [2.75, 3.05) is 6.54 Å². The van der Waals surface area contributed by atoms with E-state index in [1.807, 2.05) is 6.92 Å². The lowest BCUT2D eigenvalue weighted by Gasteiger charge is -2.10. The summed E-state index contributed by atoms with van der Waals surface area (Å²) in [6.45, 7) is 5.08. The Bertz CT molecular complexity index is 115. The smallest absolute Gasteiger partial charge is 0.303 e. The van der Waals surface area contributed by atoms with Crippen LogP contribution < -0.4 is 5.32 Å². The highest BCUT2D eigenvalue weighted by Gasteiger charge is 2.02. The number of carbonyl (C=O) groups is 1. The molecule has 0 aliphatic carbocycles. The van der Waals surface area contributed by atoms with Crippen molar-refractivity contribution in [1.29, 1.82) is 0 Å². The van der Waals surface area contributed by atoms with Crippen molar-refractivity contribution in [1.82, 2.24) is 5.32 Å². The average molecular weight is 159 g/mol. The fourth-order valence-corrected chi connectivity index (χ4v) is 0.833. The van der Waals surface area contributed by atoms with Crippen LogP contribution in [-0.2, 0) is 4.79 Å². The Labute approximate surface area is 67.8 Å². The van der Waals surface area contributed by atoms with Crippen LogP contribution in [-0.4, -0.2) is 23.7 Å². The lowest BCUT2D eigenvalue weighted by atomic mass is 10.2. The summed E-state index contributed by atoms with van der Waals surface area (Å²) in [5.41, 5.74) is 0. The molecule has 0 heterocycles. The van der Waals surface area contributed by atoms with Gasteiger partial charge < -0.3 is 10.4 Å². The molecule has 0 saturated heterocycles. The molecular formula is C8H17NO2. The number of carboxylic acids is 1. The van der Waals surface area contributed by atoms with Crippen molar-refractivity contribution >= 4 is 5.97 Å². The number of aliphatic carboxylic acids is 1. The fourth-order valence-electron chi connectivity index (χ4n) is 0.833. The molecular weight excluding hydrogens is 142 g/mol. The minimum absolute atomic E-state index is 0.262. The molecule has 0 aliphatic rings. The van der Waals surface area contributed by atoms with Crippen LogP contribution in [0.4, 0.5) is 0 Å². The monoisotopic (exact) mass is 159 g/mol. The van der Waals surface area contributed by atoms with Gasteiger partial charge in [0.15, 0.2) is 0 Å². The molecule has 0 fully saturated rings. The summed E-state index contributed by atoms with van der Waals surface area (Å²) in [5, 5.41) is 11.6. The largest absolute Gasteiger partial charge is 0.481 e. The van der Waals surface area contributed by atoms with Gasteiger partial charge in [-0.3, -0.25) is 4.79 Å². The highest BCUT2D eigenvalue weighted by Crippen LogP contribution is 1.95. The molecule has 11 heavy (non-hydrogen) atoms. The summed E-state index contributed by atoms with van der Waals surface area (Å²) >= 11 is 0. The van der Waals surface area contributed by atoms with Crippen LogP contribution in [0.25, 0.3) is 0 Å². The highest BCUT2D eigenvalue weighted by molar-refractivity contribution is 5.66. The molecule has 0 aromatic carbocycles. The van der Waals surface area contributed by atoms with Gasteiger partial charge >= 0.3 is 5.97 Å². The van der Waals surface area contributed by atoms with Crippen molar-refractivity contribution in [3.63, 3.8) is 0 Å². The first kappa shape index (κ1) is 10.4. The second-order valence-corrected chi connectivity index (χ2v) is 2.79. The zero-order chi connectivity index (χ0) is 8.69. The van der Waals surface area contributed by atoms with Crippen molar-refractivity contribution in [3.05, 3.63) is 0 Å². The van der Waals surface area contributed by atoms with Gasteiger partial charge in [0.1, 0.15) is 0 Å². The maximum atomic E-state index is 10.1. The molecule has 0 aromatic rings. The van der Waals surface area contributed by atoms with Gasteiger partial charge in [-0.25, -0.2) is 0 Å². The van der Waals surface area contributed by atoms with E-state index in [1.54, 1.807) is 0 Å². The van der Waals surface area contributed by atoms with E-state index < -0.39 is 5.97 Å². The zero-order valence-corrected chi connectivity index (χ0v) is 7.26. The van der Waals surface area contributed by atoms with E-state index in [2.05, 4.69) is 12.2 Å². The van der Waals surface area contributed by atoms with Gasteiger partial charge in [-0.1, -0.05) is 6.92 Å². The van der Waals surface area contributed by atoms with Crippen molar-refractivity contribution < 1.29 is 9.90 Å². The number of carboxylic acid groups (broad SMARTS) is 1. The van der Waals surface area contributed by atoms with Crippen molar-refractivity contribution in [2.24, 2.45) is 0 Å². The third-order valence-corrected chi connectivity index (χ3v) is 1.53. The molecule has 0 amide bonds. The van der Waals surface area contributed by atoms with Gasteiger partial charge in [0, 0.05) is 12.5 Å². The molecule has 3 nitrogen and oxygen atoms in total. The van der Waals surface area contributed by atoms with Crippen molar-refractivity contribution in [2.45, 2.75) is 39.2 Å². The summed E-state index contributed by atoms with van der Waals surface area (Å²) in [5.74, 6) is -0.713. The van der Waals surface area contributed by atoms with E-state index in [-0.39, 0.29) is 6.42 Å². The third kappa shape index (κ3) is 7.33. The minimum Gasteiger partial charge on any atom is -0.481 e. The van der Waals surface area contributed by atoms with E-state index in [0.29, 0.717) is 6.04 Å². The predicted octanol–water partition coefficient (Wildman–Crippen LogP) is 1.24. The second-order valence-electron chi connectivity index (χ2n) is 2.79. The van der Waals surface area contributed by atoms with Gasteiger partial charge in [-0.15, -0.1) is 0 Å². The Kier molecular flexibility index (Phi) is 5.84. The lowest BCUT2D eigenvalue weighted by molar-refractivity contribution is -0.137. The molecule has 0 radical (unpaired) electrons. The molecule has 2 N–H and O–H groups in total. The van der Waals surface area contributed by atoms with E-state index in [0.717, 1.165) is 19.4 Å². The van der Waals surface area contributed by atoms with E-state index in [9.17, 15) is 4.79 Å². The molecule has 0 bridgehead atoms. The third-order valence-electron chi connectivity index (χ3n) is 1.53. The second kappa shape index (κ2) is 6.16. The molecule has 1 atom stereocenters. The normalized spacial score (nSPS) is 12.9. The first-order chi connectivity index (χ1) is 5.16. The molecule has 3 heteroatoms. The Morgan fingerprint density at radius 2 is 2.27 bits per heavy atom. The first-order valence-corrected chi connectivity index (χ1v) is 4.12. The molecule has 0 spiro atoms. The Morgan fingerprint density at radius 3 is 2.73 bits per heavy atom. The molecule has 0 saturated carbocycles. The van der Waals surface area contributed by atoms with Crippen LogP contribution in [0.5, 0.6) is 0 Å². The highest BCUT2D eigenvalue weighted by atomic mass is 16.4. The van der Waals surface area contributed by atoms with Crippen LogP contribution in [0.15, 0.2) is 0 Å². The van der Waals surface area contributed by atoms with Crippen LogP contribution in [0.3, 0.4) is 0 Å². The summed E-state index contributed by atoms with van der Waals surface area (Å²) in [7, 11) is 0. The van der Waals surface area contributed by atoms with Gasteiger partial charge in [0.25, 0.3) is 0 Å². The number of nitrogens with one attached hydrogen (secondary N) is 1. The summed E-state index contributed by atoms with van der Waals surface area (Å²) in [6, 6.07) is 0.325. The Hall–Kier alpha value is -0.570. The minimum atomic E-state index is -0.713. The molecule has 0 aliphatic heterocycles. The Morgan fingerprint density at radius 1 is 1.64 bits per heavy atom. The van der Waals surface area contributed by atoms with E-state index >= 15 is 0 Å². The molecule has 66 valence electrons. The lowest BCUT2D eigenvalue weighted by Crippen LogP contribution is -2.27. The quantitative estimate of drug-likeness (QED) is 0.613. The van der Waals surface area contributed by atoms with Gasteiger partial charge in [-0.05, 0) is 26.3 Å². The SMILES string of the molecule is CCCNC(C)CCC(=O)O. The number of hydrogen-bond donors (Lipinski definition) is 2. The van der Waals surface area contributed by atoms with Crippen LogP contribution in [0.2, 0.25) is 0 Å². The first-order valence-electron chi connectivity index (χ1n) is 4.12. The fraction of sp³-hybridized carbons (Fsp3) is 0.875. The summed E-state index contributed by atoms with van der Waals surface area (Å²) in [4.78, 5) is 10.1. The summed E-state index contributed by atoms with van der Waals surface area (Å²) in [6.07, 6.45) is 2.07. The van der Waals surface area contributed by atoms with Crippen molar-refractivity contribution in [3.8, 4) is 0 Å². The standard InChI is InChI=1S/C8H17NO2/c1-3-6-9-7(2)4-5-8(10)11/h7,9H,3-6H2,1-2H3,(H,10,11). The van der Waals surface area contributed by atoms with Crippen LogP contribution >= 0.6 is 0 Å². The number of rotatable bonds is 6. The Balaban J connectivity index is 3.22. The maximum absolute atomic E-state index is 10.1. The average Bonchev–Trinajstić information content (AvgIpc) is 1.97. The van der Waals surface area contributed by atoms with Crippen LogP contribution in [0.1, 0.15) is 33.1 Å². The summed E-state index contributed by atoms with van der Waals surface area (Å²) < 4.78 is 0. The predicted molar refractivity (Wildman–Crippen MR) is 44.6 cm³/mol. The van der Waals surface area contributed by atoms with Gasteiger partial charge in [0.05, 0.1) is 0 Å². The number of hydrogen-bond acceptors (Lipinski definition) is 2. The molecule has 0 rings (SSSR count). The topological polar surface area (TPSA) is 49.3 Å². The van der Waals surface area contributed by atoms with Gasteiger partial charge in [-0.2, -0.15) is 0 Å². The van der Waals surface area contributed by atoms with Crippen LogP contribution in [0, 0.1) is 0 Å².